The Bertz CT molecular complexity index is 295. The highest BCUT2D eigenvalue weighted by atomic mass is 16.6. The summed E-state index contributed by atoms with van der Waals surface area (Å²) in [7, 11) is 0. The molecule has 134 valence electrons. The lowest BCUT2D eigenvalue weighted by Gasteiger charge is -2.14. The smallest absolute Gasteiger partial charge is 0.293 e. The molecule has 1 aliphatic carbocycles. The summed E-state index contributed by atoms with van der Waals surface area (Å²) in [6.45, 7) is 7.33. The number of ether oxygens (including phenoxy) is 4. The molecule has 1 aliphatic rings. The second-order valence-electron chi connectivity index (χ2n) is 5.40. The van der Waals surface area contributed by atoms with Crippen molar-refractivity contribution in [3.63, 3.8) is 0 Å². The maximum Gasteiger partial charge on any atom is 0.293 e. The molecule has 0 radical (unpaired) electrons. The Kier molecular flexibility index (Phi) is 16.4. The monoisotopic (exact) mass is 334 g/mol. The largest absolute Gasteiger partial charge is 0.465 e. The third-order valence-corrected chi connectivity index (χ3v) is 2.41. The fourth-order valence-electron chi connectivity index (χ4n) is 1.44. The van der Waals surface area contributed by atoms with Gasteiger partial charge in [-0.05, 0) is 46.5 Å². The summed E-state index contributed by atoms with van der Waals surface area (Å²) in [6.07, 6.45) is 4.82. The van der Waals surface area contributed by atoms with E-state index in [2.05, 4.69) is 14.2 Å². The van der Waals surface area contributed by atoms with Crippen LogP contribution in [0.25, 0.3) is 0 Å². The summed E-state index contributed by atoms with van der Waals surface area (Å²) in [4.78, 5) is 38.1. The quantitative estimate of drug-likeness (QED) is 0.372. The summed E-state index contributed by atoms with van der Waals surface area (Å²) in [5, 5.41) is 0. The van der Waals surface area contributed by atoms with Gasteiger partial charge in [0, 0.05) is 0 Å². The van der Waals surface area contributed by atoms with Crippen molar-refractivity contribution in [1.82, 2.24) is 0 Å². The molecule has 0 aromatic rings. The predicted octanol–water partition coefficient (Wildman–Crippen LogP) is 1.39. The third-order valence-electron chi connectivity index (χ3n) is 2.41. The number of rotatable bonds is 8. The highest BCUT2D eigenvalue weighted by Crippen LogP contribution is 2.19. The third kappa shape index (κ3) is 22.3. The van der Waals surface area contributed by atoms with Crippen LogP contribution in [0.5, 0.6) is 0 Å². The molecule has 0 heterocycles. The van der Waals surface area contributed by atoms with E-state index in [-0.39, 0.29) is 24.9 Å². The molecule has 0 bridgehead atoms. The van der Waals surface area contributed by atoms with E-state index in [1.807, 2.05) is 20.8 Å². The van der Waals surface area contributed by atoms with Crippen LogP contribution in [-0.2, 0) is 38.1 Å². The summed E-state index contributed by atoms with van der Waals surface area (Å²) in [6, 6.07) is 0. The average molecular weight is 334 g/mol. The van der Waals surface area contributed by atoms with E-state index >= 15 is 0 Å². The first-order valence-corrected chi connectivity index (χ1v) is 7.22. The van der Waals surface area contributed by atoms with Crippen LogP contribution in [0.1, 0.15) is 46.5 Å². The van der Waals surface area contributed by atoms with E-state index in [4.69, 9.17) is 4.74 Å². The summed E-state index contributed by atoms with van der Waals surface area (Å²) in [5.41, 5.74) is -0.318. The Balaban J connectivity index is 0. The number of hydrogen-bond donors (Lipinski definition) is 0. The van der Waals surface area contributed by atoms with Crippen LogP contribution in [-0.4, -0.2) is 50.8 Å². The second-order valence-corrected chi connectivity index (χ2v) is 5.40. The van der Waals surface area contributed by atoms with Crippen LogP contribution < -0.4 is 0 Å². The van der Waals surface area contributed by atoms with Gasteiger partial charge in [0.05, 0.1) is 0 Å². The molecule has 0 unspecified atom stereocenters. The van der Waals surface area contributed by atoms with Gasteiger partial charge in [-0.25, -0.2) is 0 Å². The molecular weight excluding hydrogens is 308 g/mol. The number of hydrogen-bond acceptors (Lipinski definition) is 8. The standard InChI is InChI=1S/C6H10O2.C5H10O2.C4H6O4/c7-5-8-6-3-1-2-4-6;1-5(2,3)7-4-6;5-3-7-1-2-8-4-6/h5-6H,1-4H2;4H,1-3H3;3-4H,1-2H2. The van der Waals surface area contributed by atoms with Gasteiger partial charge in [-0.15, -0.1) is 0 Å². The van der Waals surface area contributed by atoms with Gasteiger partial charge in [0.25, 0.3) is 25.9 Å². The van der Waals surface area contributed by atoms with Crippen molar-refractivity contribution < 1.29 is 38.1 Å². The molecule has 0 atom stereocenters. The average Bonchev–Trinajstić information content (AvgIpc) is 2.97. The normalized spacial score (nSPS) is 13.2. The Morgan fingerprint density at radius 3 is 1.57 bits per heavy atom. The maximum absolute atomic E-state index is 9.74. The van der Waals surface area contributed by atoms with Crippen molar-refractivity contribution in [1.29, 1.82) is 0 Å². The zero-order chi connectivity index (χ0) is 18.0. The van der Waals surface area contributed by atoms with Crippen molar-refractivity contribution in [2.75, 3.05) is 13.2 Å². The molecule has 0 amide bonds. The Labute approximate surface area is 136 Å². The second kappa shape index (κ2) is 16.3. The highest BCUT2D eigenvalue weighted by molar-refractivity contribution is 5.38. The fraction of sp³-hybridized carbons (Fsp3) is 0.733. The SMILES string of the molecule is CC(C)(C)OC=O.O=COC1CCCC1.O=COCCOC=O. The lowest BCUT2D eigenvalue weighted by molar-refractivity contribution is -0.138. The Morgan fingerprint density at radius 1 is 0.826 bits per heavy atom. The minimum absolute atomic E-state index is 0.127. The van der Waals surface area contributed by atoms with Crippen molar-refractivity contribution in [3.05, 3.63) is 0 Å². The van der Waals surface area contributed by atoms with Crippen LogP contribution in [0.15, 0.2) is 0 Å². The minimum atomic E-state index is -0.318. The molecule has 0 saturated heterocycles. The van der Waals surface area contributed by atoms with Gasteiger partial charge in [-0.2, -0.15) is 0 Å². The summed E-state index contributed by atoms with van der Waals surface area (Å²) >= 11 is 0. The van der Waals surface area contributed by atoms with Crippen molar-refractivity contribution >= 4 is 25.9 Å². The van der Waals surface area contributed by atoms with Crippen LogP contribution in [0.2, 0.25) is 0 Å². The fourth-order valence-corrected chi connectivity index (χ4v) is 1.44. The van der Waals surface area contributed by atoms with Crippen LogP contribution in [0.4, 0.5) is 0 Å². The van der Waals surface area contributed by atoms with Gasteiger partial charge in [0.2, 0.25) is 0 Å². The molecular formula is C15H26O8. The summed E-state index contributed by atoms with van der Waals surface area (Å²) < 4.78 is 17.6. The van der Waals surface area contributed by atoms with Gasteiger partial charge in [-0.1, -0.05) is 0 Å². The highest BCUT2D eigenvalue weighted by Gasteiger charge is 2.14. The van der Waals surface area contributed by atoms with E-state index in [1.165, 1.54) is 12.8 Å². The van der Waals surface area contributed by atoms with Crippen molar-refractivity contribution in [2.45, 2.75) is 58.2 Å². The first kappa shape index (κ1) is 23.2. The molecule has 0 N–H and O–H groups in total. The maximum atomic E-state index is 9.74. The molecule has 8 nitrogen and oxygen atoms in total. The molecule has 1 rings (SSSR count). The van der Waals surface area contributed by atoms with Crippen LogP contribution in [0.3, 0.4) is 0 Å². The first-order valence-electron chi connectivity index (χ1n) is 7.22. The molecule has 1 fully saturated rings. The van der Waals surface area contributed by atoms with E-state index in [9.17, 15) is 19.2 Å². The zero-order valence-corrected chi connectivity index (χ0v) is 13.9. The Morgan fingerprint density at radius 2 is 1.30 bits per heavy atom. The molecule has 0 spiro atoms. The molecule has 8 heteroatoms. The molecule has 23 heavy (non-hydrogen) atoms. The van der Waals surface area contributed by atoms with Gasteiger partial charge >= 0.3 is 0 Å². The van der Waals surface area contributed by atoms with Gasteiger partial charge in [-0.3, -0.25) is 19.2 Å². The first-order chi connectivity index (χ1) is 10.9. The number of carbonyl (C=O) groups excluding carboxylic acids is 4. The lowest BCUT2D eigenvalue weighted by Crippen LogP contribution is -2.17. The zero-order valence-electron chi connectivity index (χ0n) is 13.9. The number of carbonyl (C=O) groups is 4. The molecule has 0 aliphatic heterocycles. The van der Waals surface area contributed by atoms with Gasteiger partial charge in [0.1, 0.15) is 24.9 Å². The van der Waals surface area contributed by atoms with Crippen LogP contribution >= 0.6 is 0 Å². The van der Waals surface area contributed by atoms with Crippen molar-refractivity contribution in [2.24, 2.45) is 0 Å². The van der Waals surface area contributed by atoms with Crippen LogP contribution in [0, 0.1) is 0 Å². The minimum Gasteiger partial charge on any atom is -0.465 e. The van der Waals surface area contributed by atoms with Crippen molar-refractivity contribution in [3.8, 4) is 0 Å². The predicted molar refractivity (Wildman–Crippen MR) is 80.3 cm³/mol. The van der Waals surface area contributed by atoms with E-state index < -0.39 is 0 Å². The molecule has 1 saturated carbocycles. The lowest BCUT2D eigenvalue weighted by atomic mass is 10.2. The van der Waals surface area contributed by atoms with E-state index in [0.29, 0.717) is 25.9 Å². The molecule has 0 aromatic carbocycles. The van der Waals surface area contributed by atoms with Gasteiger partial charge < -0.3 is 18.9 Å². The topological polar surface area (TPSA) is 105 Å². The molecule has 0 aromatic heterocycles. The Hall–Kier alpha value is -2.12. The van der Waals surface area contributed by atoms with Gasteiger partial charge in [0.15, 0.2) is 0 Å². The van der Waals surface area contributed by atoms with E-state index in [1.54, 1.807) is 0 Å². The van der Waals surface area contributed by atoms with E-state index in [0.717, 1.165) is 12.8 Å². The summed E-state index contributed by atoms with van der Waals surface area (Å²) in [5.74, 6) is 0.